The van der Waals surface area contributed by atoms with Gasteiger partial charge < -0.3 is 15.0 Å². The summed E-state index contributed by atoms with van der Waals surface area (Å²) in [6.45, 7) is 6.17. The fraction of sp³-hybridized carbons (Fsp3) is 0.875. The summed E-state index contributed by atoms with van der Waals surface area (Å²) in [5.74, 6) is 1.45. The predicted molar refractivity (Wildman–Crippen MR) is 80.8 cm³/mol. The SMILES string of the molecule is CCOC(=O)CCC(=O)N1CCC(C2CCNCC2)CC1. The Morgan fingerprint density at radius 2 is 1.67 bits per heavy atom. The highest BCUT2D eigenvalue weighted by atomic mass is 16.5. The summed E-state index contributed by atoms with van der Waals surface area (Å²) >= 11 is 0. The summed E-state index contributed by atoms with van der Waals surface area (Å²) in [6, 6.07) is 0. The van der Waals surface area contributed by atoms with E-state index in [-0.39, 0.29) is 24.7 Å². The van der Waals surface area contributed by atoms with Crippen molar-refractivity contribution in [2.75, 3.05) is 32.8 Å². The summed E-state index contributed by atoms with van der Waals surface area (Å²) in [5, 5.41) is 3.41. The highest BCUT2D eigenvalue weighted by molar-refractivity contribution is 5.81. The molecule has 1 N–H and O–H groups in total. The number of likely N-dealkylation sites (tertiary alicyclic amines) is 1. The van der Waals surface area contributed by atoms with Crippen LogP contribution in [0, 0.1) is 11.8 Å². The van der Waals surface area contributed by atoms with Crippen LogP contribution in [0.3, 0.4) is 0 Å². The molecule has 21 heavy (non-hydrogen) atoms. The molecule has 0 radical (unpaired) electrons. The highest BCUT2D eigenvalue weighted by Crippen LogP contribution is 2.30. The van der Waals surface area contributed by atoms with Gasteiger partial charge in [0.25, 0.3) is 0 Å². The van der Waals surface area contributed by atoms with Gasteiger partial charge >= 0.3 is 5.97 Å². The molecule has 2 aliphatic rings. The fourth-order valence-corrected chi connectivity index (χ4v) is 3.54. The second-order valence-electron chi connectivity index (χ2n) is 6.11. The Kier molecular flexibility index (Phi) is 6.49. The van der Waals surface area contributed by atoms with E-state index in [1.807, 2.05) is 4.90 Å². The van der Waals surface area contributed by atoms with Crippen LogP contribution in [0.1, 0.15) is 45.4 Å². The van der Waals surface area contributed by atoms with Gasteiger partial charge in [-0.05, 0) is 57.5 Å². The minimum absolute atomic E-state index is 0.104. The molecule has 0 aromatic carbocycles. The van der Waals surface area contributed by atoms with Gasteiger partial charge in [0.05, 0.1) is 13.0 Å². The van der Waals surface area contributed by atoms with Gasteiger partial charge in [-0.25, -0.2) is 0 Å². The Morgan fingerprint density at radius 1 is 1.05 bits per heavy atom. The van der Waals surface area contributed by atoms with E-state index in [9.17, 15) is 9.59 Å². The van der Waals surface area contributed by atoms with E-state index >= 15 is 0 Å². The third-order valence-corrected chi connectivity index (χ3v) is 4.79. The van der Waals surface area contributed by atoms with Gasteiger partial charge in [0.2, 0.25) is 5.91 Å². The molecule has 0 aliphatic carbocycles. The molecule has 2 aliphatic heterocycles. The first kappa shape index (κ1) is 16.3. The fourth-order valence-electron chi connectivity index (χ4n) is 3.54. The lowest BCUT2D eigenvalue weighted by Crippen LogP contribution is -2.42. The van der Waals surface area contributed by atoms with Crippen LogP contribution in [0.2, 0.25) is 0 Å². The number of nitrogens with zero attached hydrogens (tertiary/aromatic N) is 1. The molecule has 5 nitrogen and oxygen atoms in total. The second-order valence-corrected chi connectivity index (χ2v) is 6.11. The van der Waals surface area contributed by atoms with Gasteiger partial charge in [-0.3, -0.25) is 9.59 Å². The molecule has 0 aromatic rings. The predicted octanol–water partition coefficient (Wildman–Crippen LogP) is 1.57. The van der Waals surface area contributed by atoms with Crippen LogP contribution in [0.4, 0.5) is 0 Å². The number of nitrogens with one attached hydrogen (secondary N) is 1. The first-order valence-corrected chi connectivity index (χ1v) is 8.34. The first-order chi connectivity index (χ1) is 10.2. The van der Waals surface area contributed by atoms with Crippen LogP contribution in [-0.4, -0.2) is 49.6 Å². The molecule has 5 heteroatoms. The summed E-state index contributed by atoms with van der Waals surface area (Å²) in [7, 11) is 0. The van der Waals surface area contributed by atoms with Crippen molar-refractivity contribution in [3.63, 3.8) is 0 Å². The molecular weight excluding hydrogens is 268 g/mol. The maximum atomic E-state index is 12.1. The molecule has 0 atom stereocenters. The van der Waals surface area contributed by atoms with Crippen molar-refractivity contribution in [3.8, 4) is 0 Å². The van der Waals surface area contributed by atoms with Crippen LogP contribution in [0.15, 0.2) is 0 Å². The number of carbonyl (C=O) groups is 2. The lowest BCUT2D eigenvalue weighted by atomic mass is 9.79. The van der Waals surface area contributed by atoms with Crippen LogP contribution in [0.25, 0.3) is 0 Å². The zero-order valence-corrected chi connectivity index (χ0v) is 13.1. The zero-order valence-electron chi connectivity index (χ0n) is 13.1. The van der Waals surface area contributed by atoms with Gasteiger partial charge in [0, 0.05) is 19.5 Å². The Balaban J connectivity index is 1.68. The monoisotopic (exact) mass is 296 g/mol. The third-order valence-electron chi connectivity index (χ3n) is 4.79. The number of ether oxygens (including phenoxy) is 1. The number of carbonyl (C=O) groups excluding carboxylic acids is 2. The Bertz CT molecular complexity index is 345. The van der Waals surface area contributed by atoms with Crippen LogP contribution >= 0.6 is 0 Å². The Morgan fingerprint density at radius 3 is 2.29 bits per heavy atom. The lowest BCUT2D eigenvalue weighted by molar-refractivity contribution is -0.146. The Hall–Kier alpha value is -1.10. The molecular formula is C16H28N2O3. The van der Waals surface area contributed by atoms with Crippen molar-refractivity contribution in [3.05, 3.63) is 0 Å². The second kappa shape index (κ2) is 8.37. The van der Waals surface area contributed by atoms with E-state index in [0.717, 1.165) is 50.9 Å². The minimum Gasteiger partial charge on any atom is -0.466 e. The standard InChI is InChI=1S/C16H28N2O3/c1-2-21-16(20)4-3-15(19)18-11-7-14(8-12-18)13-5-9-17-10-6-13/h13-14,17H,2-12H2,1H3. The van der Waals surface area contributed by atoms with Crippen molar-refractivity contribution in [1.29, 1.82) is 0 Å². The Labute approximate surface area is 127 Å². The number of hydrogen-bond acceptors (Lipinski definition) is 4. The summed E-state index contributed by atoms with van der Waals surface area (Å²) in [6.07, 6.45) is 5.30. The summed E-state index contributed by atoms with van der Waals surface area (Å²) in [5.41, 5.74) is 0. The molecule has 0 unspecified atom stereocenters. The quantitative estimate of drug-likeness (QED) is 0.782. The average Bonchev–Trinajstić information content (AvgIpc) is 2.54. The average molecular weight is 296 g/mol. The summed E-state index contributed by atoms with van der Waals surface area (Å²) in [4.78, 5) is 25.3. The van der Waals surface area contributed by atoms with Crippen LogP contribution in [-0.2, 0) is 14.3 Å². The van der Waals surface area contributed by atoms with E-state index in [0.29, 0.717) is 6.61 Å². The van der Waals surface area contributed by atoms with Crippen molar-refractivity contribution < 1.29 is 14.3 Å². The number of piperidine rings is 2. The van der Waals surface area contributed by atoms with E-state index in [2.05, 4.69) is 5.32 Å². The number of hydrogen-bond donors (Lipinski definition) is 1. The maximum absolute atomic E-state index is 12.1. The van der Waals surface area contributed by atoms with Gasteiger partial charge in [-0.2, -0.15) is 0 Å². The van der Waals surface area contributed by atoms with Crippen LogP contribution < -0.4 is 5.32 Å². The molecule has 0 saturated carbocycles. The van der Waals surface area contributed by atoms with Gasteiger partial charge in [-0.1, -0.05) is 0 Å². The molecule has 0 spiro atoms. The molecule has 2 saturated heterocycles. The van der Waals surface area contributed by atoms with E-state index in [1.165, 1.54) is 12.8 Å². The number of amides is 1. The van der Waals surface area contributed by atoms with Crippen molar-refractivity contribution in [2.45, 2.75) is 45.4 Å². The van der Waals surface area contributed by atoms with Crippen molar-refractivity contribution in [1.82, 2.24) is 10.2 Å². The molecule has 0 aromatic heterocycles. The first-order valence-electron chi connectivity index (χ1n) is 8.34. The zero-order chi connectivity index (χ0) is 15.1. The lowest BCUT2D eigenvalue weighted by Gasteiger charge is -2.37. The topological polar surface area (TPSA) is 58.6 Å². The van der Waals surface area contributed by atoms with Crippen molar-refractivity contribution >= 4 is 11.9 Å². The number of rotatable bonds is 5. The van der Waals surface area contributed by atoms with Gasteiger partial charge in [0.1, 0.15) is 0 Å². The van der Waals surface area contributed by atoms with E-state index < -0.39 is 0 Å². The molecule has 2 rings (SSSR count). The minimum atomic E-state index is -0.268. The molecule has 0 bridgehead atoms. The van der Waals surface area contributed by atoms with Gasteiger partial charge in [0.15, 0.2) is 0 Å². The van der Waals surface area contributed by atoms with Crippen LogP contribution in [0.5, 0.6) is 0 Å². The summed E-state index contributed by atoms with van der Waals surface area (Å²) < 4.78 is 4.86. The largest absolute Gasteiger partial charge is 0.466 e. The van der Waals surface area contributed by atoms with E-state index in [4.69, 9.17) is 4.74 Å². The molecule has 1 amide bonds. The smallest absolute Gasteiger partial charge is 0.306 e. The molecule has 2 heterocycles. The van der Waals surface area contributed by atoms with Gasteiger partial charge in [-0.15, -0.1) is 0 Å². The van der Waals surface area contributed by atoms with E-state index in [1.54, 1.807) is 6.92 Å². The maximum Gasteiger partial charge on any atom is 0.306 e. The van der Waals surface area contributed by atoms with Crippen molar-refractivity contribution in [2.24, 2.45) is 11.8 Å². The number of esters is 1. The highest BCUT2D eigenvalue weighted by Gasteiger charge is 2.29. The normalized spacial score (nSPS) is 21.3. The third kappa shape index (κ3) is 4.99. The molecule has 2 fully saturated rings. The molecule has 120 valence electrons.